The molecule has 3 saturated heterocycles. The van der Waals surface area contributed by atoms with Crippen molar-refractivity contribution in [1.29, 1.82) is 0 Å². The van der Waals surface area contributed by atoms with Crippen molar-refractivity contribution in [3.63, 3.8) is 0 Å². The third kappa shape index (κ3) is 4.30. The van der Waals surface area contributed by atoms with Gasteiger partial charge in [-0.1, -0.05) is 0 Å². The summed E-state index contributed by atoms with van der Waals surface area (Å²) in [6.45, 7) is 3.29. The molecule has 0 radical (unpaired) electrons. The number of morpholine rings is 1. The Balaban J connectivity index is 1.46. The Morgan fingerprint density at radius 3 is 2.55 bits per heavy atom. The summed E-state index contributed by atoms with van der Waals surface area (Å²) >= 11 is 0.730. The van der Waals surface area contributed by atoms with Crippen molar-refractivity contribution in [2.45, 2.75) is 12.8 Å². The largest absolute Gasteiger partial charge is 0.378 e. The number of carbonyl (C=O) groups is 3. The molecular weight excluding hydrogens is 397 g/mol. The van der Waals surface area contributed by atoms with Crippen LogP contribution >= 0.6 is 11.8 Å². The van der Waals surface area contributed by atoms with Crippen LogP contribution in [0.15, 0.2) is 23.1 Å². The van der Waals surface area contributed by atoms with Crippen molar-refractivity contribution in [2.75, 3.05) is 50.8 Å². The lowest BCUT2D eigenvalue weighted by molar-refractivity contribution is -0.139. The van der Waals surface area contributed by atoms with E-state index in [1.54, 1.807) is 11.0 Å². The van der Waals surface area contributed by atoms with Gasteiger partial charge in [0.25, 0.3) is 11.1 Å². The van der Waals surface area contributed by atoms with Crippen LogP contribution in [0.3, 0.4) is 0 Å². The fourth-order valence-corrected chi connectivity index (χ4v) is 4.46. The van der Waals surface area contributed by atoms with Crippen LogP contribution in [0.2, 0.25) is 0 Å². The Bertz CT molecular complexity index is 863. The van der Waals surface area contributed by atoms with Crippen LogP contribution in [0.5, 0.6) is 0 Å². The second kappa shape index (κ2) is 8.54. The maximum Gasteiger partial charge on any atom is 0.294 e. The minimum atomic E-state index is -0.565. The predicted octanol–water partition coefficient (Wildman–Crippen LogP) is 2.32. The summed E-state index contributed by atoms with van der Waals surface area (Å²) in [6.07, 6.45) is 3.58. The summed E-state index contributed by atoms with van der Waals surface area (Å²) in [5.41, 5.74) is 1.07. The maximum atomic E-state index is 14.6. The zero-order valence-corrected chi connectivity index (χ0v) is 16.8. The smallest absolute Gasteiger partial charge is 0.294 e. The van der Waals surface area contributed by atoms with Crippen LogP contribution < -0.4 is 4.90 Å². The Hall–Kier alpha value is -2.39. The molecular formula is C20H22FN3O4S. The highest BCUT2D eigenvalue weighted by molar-refractivity contribution is 8.18. The van der Waals surface area contributed by atoms with Gasteiger partial charge in [-0.3, -0.25) is 19.3 Å². The number of benzene rings is 1. The molecule has 0 aromatic heterocycles. The number of ether oxygens (including phenoxy) is 1. The number of nitrogens with zero attached hydrogens (tertiary/aromatic N) is 3. The highest BCUT2D eigenvalue weighted by atomic mass is 32.2. The van der Waals surface area contributed by atoms with Gasteiger partial charge >= 0.3 is 0 Å². The lowest BCUT2D eigenvalue weighted by atomic mass is 10.1. The summed E-state index contributed by atoms with van der Waals surface area (Å²) in [5.74, 6) is -1.30. The molecule has 3 aliphatic heterocycles. The molecule has 154 valence electrons. The normalized spacial score (nSPS) is 21.6. The van der Waals surface area contributed by atoms with Gasteiger partial charge in [0.2, 0.25) is 5.91 Å². The number of hydrogen-bond donors (Lipinski definition) is 0. The first-order valence-electron chi connectivity index (χ1n) is 9.68. The summed E-state index contributed by atoms with van der Waals surface area (Å²) in [5, 5.41) is -0.517. The first kappa shape index (κ1) is 19.9. The highest BCUT2D eigenvalue weighted by Crippen LogP contribution is 2.33. The van der Waals surface area contributed by atoms with E-state index in [2.05, 4.69) is 4.90 Å². The van der Waals surface area contributed by atoms with Crippen molar-refractivity contribution in [3.8, 4) is 0 Å². The van der Waals surface area contributed by atoms with Gasteiger partial charge in [-0.15, -0.1) is 0 Å². The average Bonchev–Trinajstić information content (AvgIpc) is 3.35. The minimum absolute atomic E-state index is 0.123. The van der Waals surface area contributed by atoms with Crippen molar-refractivity contribution in [3.05, 3.63) is 34.5 Å². The van der Waals surface area contributed by atoms with Crippen LogP contribution in [0, 0.1) is 5.82 Å². The topological polar surface area (TPSA) is 70.2 Å². The number of rotatable bonds is 4. The van der Waals surface area contributed by atoms with Gasteiger partial charge in [-0.2, -0.15) is 0 Å². The van der Waals surface area contributed by atoms with E-state index in [1.165, 1.54) is 12.1 Å². The Labute approximate surface area is 172 Å². The first-order chi connectivity index (χ1) is 14.0. The van der Waals surface area contributed by atoms with Crippen LogP contribution in [-0.2, 0) is 14.3 Å². The molecule has 0 bridgehead atoms. The van der Waals surface area contributed by atoms with E-state index in [4.69, 9.17) is 4.74 Å². The molecule has 3 fully saturated rings. The lowest BCUT2D eigenvalue weighted by Crippen LogP contribution is -2.46. The Morgan fingerprint density at radius 2 is 1.86 bits per heavy atom. The average molecular weight is 419 g/mol. The molecule has 0 aliphatic carbocycles. The SMILES string of the molecule is O=C(CN1C(=O)S/C(=C/c2ccc(N3CCCC3)cc2F)C1=O)N1CCOCC1. The predicted molar refractivity (Wildman–Crippen MR) is 108 cm³/mol. The molecule has 0 unspecified atom stereocenters. The molecule has 4 rings (SSSR count). The monoisotopic (exact) mass is 419 g/mol. The minimum Gasteiger partial charge on any atom is -0.378 e. The van der Waals surface area contributed by atoms with Gasteiger partial charge < -0.3 is 14.5 Å². The molecule has 1 aromatic rings. The molecule has 0 atom stereocenters. The van der Waals surface area contributed by atoms with Crippen LogP contribution in [0.25, 0.3) is 6.08 Å². The van der Waals surface area contributed by atoms with Crippen molar-refractivity contribution >= 4 is 40.6 Å². The molecule has 9 heteroatoms. The molecule has 7 nitrogen and oxygen atoms in total. The van der Waals surface area contributed by atoms with Crippen LogP contribution in [0.1, 0.15) is 18.4 Å². The molecule has 0 saturated carbocycles. The number of amides is 3. The molecule has 1 aromatic carbocycles. The fraction of sp³-hybridized carbons (Fsp3) is 0.450. The Kier molecular flexibility index (Phi) is 5.86. The molecule has 0 N–H and O–H groups in total. The van der Waals surface area contributed by atoms with Crippen molar-refractivity contribution in [1.82, 2.24) is 9.80 Å². The fourth-order valence-electron chi connectivity index (χ4n) is 3.63. The summed E-state index contributed by atoms with van der Waals surface area (Å²) in [4.78, 5) is 42.0. The molecule has 3 aliphatic rings. The summed E-state index contributed by atoms with van der Waals surface area (Å²) < 4.78 is 19.8. The van der Waals surface area contributed by atoms with E-state index >= 15 is 0 Å². The van der Waals surface area contributed by atoms with Crippen LogP contribution in [0.4, 0.5) is 14.9 Å². The number of thioether (sulfide) groups is 1. The quantitative estimate of drug-likeness (QED) is 0.698. The van der Waals surface area contributed by atoms with Crippen molar-refractivity contribution < 1.29 is 23.5 Å². The van der Waals surface area contributed by atoms with Crippen molar-refractivity contribution in [2.24, 2.45) is 0 Å². The lowest BCUT2D eigenvalue weighted by Gasteiger charge is -2.28. The van der Waals surface area contributed by atoms with E-state index in [0.29, 0.717) is 26.3 Å². The molecule has 0 spiro atoms. The summed E-state index contributed by atoms with van der Waals surface area (Å²) in [6, 6.07) is 4.91. The molecule has 3 heterocycles. The third-order valence-corrected chi connectivity index (χ3v) is 6.18. The highest BCUT2D eigenvalue weighted by Gasteiger charge is 2.37. The molecule has 29 heavy (non-hydrogen) atoms. The number of anilines is 1. The number of carbonyl (C=O) groups excluding carboxylic acids is 3. The van der Waals surface area contributed by atoms with Crippen LogP contribution in [-0.4, -0.2) is 72.8 Å². The number of halogens is 1. The van der Waals surface area contributed by atoms with E-state index < -0.39 is 17.0 Å². The maximum absolute atomic E-state index is 14.6. The number of imide groups is 1. The zero-order chi connectivity index (χ0) is 20.4. The zero-order valence-electron chi connectivity index (χ0n) is 15.9. The Morgan fingerprint density at radius 1 is 1.14 bits per heavy atom. The van der Waals surface area contributed by atoms with Gasteiger partial charge in [-0.05, 0) is 48.9 Å². The second-order valence-corrected chi connectivity index (χ2v) is 8.15. The van der Waals surface area contributed by atoms with E-state index in [0.717, 1.165) is 48.3 Å². The van der Waals surface area contributed by atoms with Gasteiger partial charge in [0.15, 0.2) is 0 Å². The number of hydrogen-bond acceptors (Lipinski definition) is 6. The second-order valence-electron chi connectivity index (χ2n) is 7.16. The first-order valence-corrected chi connectivity index (χ1v) is 10.5. The third-order valence-electron chi connectivity index (χ3n) is 5.27. The van der Waals surface area contributed by atoms with E-state index in [-0.39, 0.29) is 22.9 Å². The molecule has 3 amide bonds. The van der Waals surface area contributed by atoms with Gasteiger partial charge in [-0.25, -0.2) is 4.39 Å². The van der Waals surface area contributed by atoms with E-state index in [1.807, 2.05) is 6.07 Å². The van der Waals surface area contributed by atoms with E-state index in [9.17, 15) is 18.8 Å². The van der Waals surface area contributed by atoms with Gasteiger partial charge in [0, 0.05) is 37.4 Å². The van der Waals surface area contributed by atoms with Gasteiger partial charge in [0.05, 0.1) is 18.1 Å². The van der Waals surface area contributed by atoms with Gasteiger partial charge in [0.1, 0.15) is 12.4 Å². The standard InChI is InChI=1S/C20H22FN3O4S/c21-16-12-15(22-5-1-2-6-22)4-3-14(16)11-17-19(26)24(20(27)29-17)13-18(25)23-7-9-28-10-8-23/h3-4,11-12H,1-2,5-10,13H2/b17-11+. The summed E-state index contributed by atoms with van der Waals surface area (Å²) in [7, 11) is 0.